The van der Waals surface area contributed by atoms with E-state index >= 15 is 0 Å². The summed E-state index contributed by atoms with van der Waals surface area (Å²) < 4.78 is 15.7. The van der Waals surface area contributed by atoms with Crippen molar-refractivity contribution >= 4 is 23.1 Å². The van der Waals surface area contributed by atoms with Gasteiger partial charge in [0.2, 0.25) is 6.79 Å². The highest BCUT2D eigenvalue weighted by molar-refractivity contribution is 7.14. The van der Waals surface area contributed by atoms with Crippen molar-refractivity contribution in [1.82, 2.24) is 0 Å². The molecule has 0 N–H and O–H groups in total. The largest absolute Gasteiger partial charge is 0.454 e. The number of Topliss-reactive ketones (excluding diaryl/α,β-unsaturated/α-hetero) is 1. The van der Waals surface area contributed by atoms with Crippen LogP contribution in [0.25, 0.3) is 0 Å². The average Bonchev–Trinajstić information content (AvgIpc) is 3.24. The molecule has 0 atom stereocenters. The SMILES string of the molecule is O=C(COC(=O)c1cc2c(s1)CCCC2)c1ccc2c(c1)OCO2. The van der Waals surface area contributed by atoms with Crippen LogP contribution in [-0.4, -0.2) is 25.2 Å². The van der Waals surface area contributed by atoms with E-state index in [2.05, 4.69) is 0 Å². The van der Waals surface area contributed by atoms with Crippen LogP contribution >= 0.6 is 11.3 Å². The number of ketones is 1. The number of hydrogen-bond acceptors (Lipinski definition) is 6. The minimum Gasteiger partial charge on any atom is -0.454 e. The fourth-order valence-corrected chi connectivity index (χ4v) is 4.09. The van der Waals surface area contributed by atoms with Gasteiger partial charge in [0, 0.05) is 10.4 Å². The molecule has 1 aliphatic heterocycles. The standard InChI is InChI=1S/C18H16O5S/c19-13(11-5-6-14-15(7-11)23-10-22-14)9-21-18(20)17-8-12-3-1-2-4-16(12)24-17/h5-8H,1-4,9-10H2. The maximum atomic E-state index is 12.2. The normalized spacial score (nSPS) is 15.0. The van der Waals surface area contributed by atoms with Gasteiger partial charge in [0.15, 0.2) is 23.9 Å². The molecule has 124 valence electrons. The molecule has 6 heteroatoms. The van der Waals surface area contributed by atoms with E-state index < -0.39 is 5.97 Å². The summed E-state index contributed by atoms with van der Waals surface area (Å²) in [6, 6.07) is 6.85. The first-order valence-electron chi connectivity index (χ1n) is 7.92. The molecular formula is C18H16O5S. The van der Waals surface area contributed by atoms with Crippen LogP contribution in [0.1, 0.15) is 43.3 Å². The summed E-state index contributed by atoms with van der Waals surface area (Å²) in [6.45, 7) is -0.119. The summed E-state index contributed by atoms with van der Waals surface area (Å²) in [6.07, 6.45) is 4.39. The number of hydrogen-bond donors (Lipinski definition) is 0. The van der Waals surface area contributed by atoms with E-state index in [1.54, 1.807) is 18.2 Å². The van der Waals surface area contributed by atoms with Gasteiger partial charge in [-0.25, -0.2) is 4.79 Å². The number of carbonyl (C=O) groups excluding carboxylic acids is 2. The van der Waals surface area contributed by atoms with Crippen LogP contribution in [0.3, 0.4) is 0 Å². The van der Waals surface area contributed by atoms with Gasteiger partial charge >= 0.3 is 5.97 Å². The molecule has 1 aromatic heterocycles. The van der Waals surface area contributed by atoms with Crippen molar-refractivity contribution in [2.24, 2.45) is 0 Å². The Kier molecular flexibility index (Phi) is 3.98. The van der Waals surface area contributed by atoms with E-state index in [0.29, 0.717) is 21.9 Å². The Labute approximate surface area is 143 Å². The third kappa shape index (κ3) is 2.89. The first-order valence-corrected chi connectivity index (χ1v) is 8.74. The van der Waals surface area contributed by atoms with Gasteiger partial charge in [-0.05, 0) is 55.5 Å². The van der Waals surface area contributed by atoms with Crippen LogP contribution in [0.15, 0.2) is 24.3 Å². The topological polar surface area (TPSA) is 61.8 Å². The molecule has 0 amide bonds. The summed E-state index contributed by atoms with van der Waals surface area (Å²) in [5.41, 5.74) is 1.69. The summed E-state index contributed by atoms with van der Waals surface area (Å²) >= 11 is 1.48. The van der Waals surface area contributed by atoms with Crippen LogP contribution in [-0.2, 0) is 17.6 Å². The van der Waals surface area contributed by atoms with Crippen LogP contribution in [0.5, 0.6) is 11.5 Å². The first kappa shape index (κ1) is 15.2. The third-order valence-corrected chi connectivity index (χ3v) is 5.44. The van der Waals surface area contributed by atoms with Crippen molar-refractivity contribution in [2.75, 3.05) is 13.4 Å². The van der Waals surface area contributed by atoms with Gasteiger partial charge in [-0.1, -0.05) is 0 Å². The summed E-state index contributed by atoms with van der Waals surface area (Å²) in [5.74, 6) is 0.470. The highest BCUT2D eigenvalue weighted by Gasteiger charge is 2.20. The van der Waals surface area contributed by atoms with Crippen molar-refractivity contribution in [3.8, 4) is 11.5 Å². The lowest BCUT2D eigenvalue weighted by atomic mass is 9.99. The number of fused-ring (bicyclic) bond motifs is 2. The lowest BCUT2D eigenvalue weighted by Gasteiger charge is -2.08. The van der Waals surface area contributed by atoms with Crippen molar-refractivity contribution < 1.29 is 23.8 Å². The highest BCUT2D eigenvalue weighted by Crippen LogP contribution is 2.33. The number of carbonyl (C=O) groups is 2. The molecule has 1 aliphatic carbocycles. The number of aryl methyl sites for hydroxylation is 2. The van der Waals surface area contributed by atoms with E-state index in [-0.39, 0.29) is 19.2 Å². The number of ether oxygens (including phenoxy) is 3. The lowest BCUT2D eigenvalue weighted by molar-refractivity contribution is 0.0479. The molecular weight excluding hydrogens is 328 g/mol. The van der Waals surface area contributed by atoms with Gasteiger partial charge in [0.25, 0.3) is 0 Å². The fraction of sp³-hybridized carbons (Fsp3) is 0.333. The molecule has 0 saturated heterocycles. The van der Waals surface area contributed by atoms with E-state index in [0.717, 1.165) is 12.8 Å². The van der Waals surface area contributed by atoms with Gasteiger partial charge in [0.1, 0.15) is 4.88 Å². The van der Waals surface area contributed by atoms with E-state index in [1.807, 2.05) is 6.07 Å². The van der Waals surface area contributed by atoms with Crippen LogP contribution in [0, 0.1) is 0 Å². The number of rotatable bonds is 4. The van der Waals surface area contributed by atoms with Crippen LogP contribution in [0.4, 0.5) is 0 Å². The van der Waals surface area contributed by atoms with Gasteiger partial charge in [-0.3, -0.25) is 4.79 Å². The number of esters is 1. The molecule has 2 heterocycles. The second-order valence-electron chi connectivity index (χ2n) is 5.83. The summed E-state index contributed by atoms with van der Waals surface area (Å²) in [5, 5.41) is 0. The Balaban J connectivity index is 1.40. The molecule has 2 aromatic rings. The second-order valence-corrected chi connectivity index (χ2v) is 6.97. The van der Waals surface area contributed by atoms with Gasteiger partial charge in [-0.15, -0.1) is 11.3 Å². The molecule has 4 rings (SSSR count). The zero-order chi connectivity index (χ0) is 16.5. The Morgan fingerprint density at radius 1 is 1.08 bits per heavy atom. The molecule has 0 bridgehead atoms. The van der Waals surface area contributed by atoms with E-state index in [4.69, 9.17) is 14.2 Å². The maximum Gasteiger partial charge on any atom is 0.348 e. The predicted octanol–water partition coefficient (Wildman–Crippen LogP) is 3.40. The van der Waals surface area contributed by atoms with Crippen molar-refractivity contribution in [2.45, 2.75) is 25.7 Å². The molecule has 0 saturated carbocycles. The van der Waals surface area contributed by atoms with Gasteiger partial charge < -0.3 is 14.2 Å². The molecule has 0 radical (unpaired) electrons. The van der Waals surface area contributed by atoms with Crippen molar-refractivity contribution in [1.29, 1.82) is 0 Å². The second kappa shape index (κ2) is 6.28. The number of thiophene rings is 1. The smallest absolute Gasteiger partial charge is 0.348 e. The number of benzene rings is 1. The minimum atomic E-state index is -0.427. The van der Waals surface area contributed by atoms with Gasteiger partial charge in [-0.2, -0.15) is 0 Å². The monoisotopic (exact) mass is 344 g/mol. The Bertz CT molecular complexity index is 784. The van der Waals surface area contributed by atoms with Crippen LogP contribution < -0.4 is 9.47 Å². The third-order valence-electron chi connectivity index (χ3n) is 4.23. The zero-order valence-corrected chi connectivity index (χ0v) is 13.8. The summed E-state index contributed by atoms with van der Waals surface area (Å²) in [4.78, 5) is 26.2. The molecule has 1 aromatic carbocycles. The Morgan fingerprint density at radius 2 is 1.92 bits per heavy atom. The van der Waals surface area contributed by atoms with Crippen molar-refractivity contribution in [3.05, 3.63) is 45.1 Å². The van der Waals surface area contributed by atoms with Gasteiger partial charge in [0.05, 0.1) is 0 Å². The first-order chi connectivity index (χ1) is 11.7. The Morgan fingerprint density at radius 3 is 2.79 bits per heavy atom. The minimum absolute atomic E-state index is 0.158. The highest BCUT2D eigenvalue weighted by atomic mass is 32.1. The fourth-order valence-electron chi connectivity index (χ4n) is 2.95. The molecule has 5 nitrogen and oxygen atoms in total. The van der Waals surface area contributed by atoms with Crippen LogP contribution in [0.2, 0.25) is 0 Å². The predicted molar refractivity (Wildman–Crippen MR) is 88.1 cm³/mol. The Hall–Kier alpha value is -2.34. The molecule has 0 unspecified atom stereocenters. The molecule has 2 aliphatic rings. The molecule has 0 fully saturated rings. The maximum absolute atomic E-state index is 12.2. The molecule has 0 spiro atoms. The van der Waals surface area contributed by atoms with Crippen molar-refractivity contribution in [3.63, 3.8) is 0 Å². The van der Waals surface area contributed by atoms with E-state index in [1.165, 1.54) is 34.6 Å². The molecule has 24 heavy (non-hydrogen) atoms. The van der Waals surface area contributed by atoms with E-state index in [9.17, 15) is 9.59 Å². The zero-order valence-electron chi connectivity index (χ0n) is 13.0. The quantitative estimate of drug-likeness (QED) is 0.628. The average molecular weight is 344 g/mol. The summed E-state index contributed by atoms with van der Waals surface area (Å²) in [7, 11) is 0. The lowest BCUT2D eigenvalue weighted by Crippen LogP contribution is -2.13.